The third-order valence-corrected chi connectivity index (χ3v) is 7.86. The topological polar surface area (TPSA) is 69.4 Å². The van der Waals surface area contributed by atoms with Crippen molar-refractivity contribution in [2.75, 3.05) is 32.7 Å². The van der Waals surface area contributed by atoms with Gasteiger partial charge in [0.1, 0.15) is 11.5 Å². The summed E-state index contributed by atoms with van der Waals surface area (Å²) in [5, 5.41) is 10.3. The average Bonchev–Trinajstić information content (AvgIpc) is 3.69. The van der Waals surface area contributed by atoms with Crippen molar-refractivity contribution < 1.29 is 14.0 Å². The van der Waals surface area contributed by atoms with E-state index in [9.17, 15) is 9.59 Å². The van der Waals surface area contributed by atoms with Crippen LogP contribution in [0.1, 0.15) is 33.5 Å². The summed E-state index contributed by atoms with van der Waals surface area (Å²) in [5.41, 5.74) is 1.52. The Kier molecular flexibility index (Phi) is 6.13. The predicted octanol–water partition coefficient (Wildman–Crippen LogP) is 4.63. The summed E-state index contributed by atoms with van der Waals surface area (Å²) in [6.07, 6.45) is 2.26. The van der Waals surface area contributed by atoms with Crippen LogP contribution in [0.2, 0.25) is 0 Å². The van der Waals surface area contributed by atoms with Gasteiger partial charge in [-0.25, -0.2) is 5.01 Å². The number of amides is 2. The van der Waals surface area contributed by atoms with Gasteiger partial charge in [0.15, 0.2) is 0 Å². The quantitative estimate of drug-likeness (QED) is 0.402. The first-order valence-electron chi connectivity index (χ1n) is 12.1. The van der Waals surface area contributed by atoms with Crippen LogP contribution in [-0.4, -0.2) is 65.1 Å². The zero-order valence-electron chi connectivity index (χ0n) is 19.7. The molecule has 0 bridgehead atoms. The Morgan fingerprint density at radius 2 is 1.78 bits per heavy atom. The lowest BCUT2D eigenvalue weighted by Crippen LogP contribution is -2.51. The van der Waals surface area contributed by atoms with Crippen LogP contribution in [0.25, 0.3) is 10.8 Å². The van der Waals surface area contributed by atoms with E-state index in [2.05, 4.69) is 10.0 Å². The largest absolute Gasteiger partial charge is 0.463 e. The van der Waals surface area contributed by atoms with E-state index in [-0.39, 0.29) is 24.4 Å². The highest BCUT2D eigenvalue weighted by atomic mass is 32.1. The molecule has 0 spiro atoms. The molecule has 0 N–H and O–H groups in total. The van der Waals surface area contributed by atoms with Gasteiger partial charge < -0.3 is 9.32 Å². The molecule has 2 aliphatic rings. The Morgan fingerprint density at radius 1 is 0.944 bits per heavy atom. The fourth-order valence-electron chi connectivity index (χ4n) is 4.99. The predicted molar refractivity (Wildman–Crippen MR) is 140 cm³/mol. The first-order valence-corrected chi connectivity index (χ1v) is 13.0. The molecule has 7 nitrogen and oxygen atoms in total. The van der Waals surface area contributed by atoms with Crippen molar-refractivity contribution in [3.05, 3.63) is 94.6 Å². The maximum Gasteiger partial charge on any atom is 0.257 e. The van der Waals surface area contributed by atoms with Gasteiger partial charge in [0, 0.05) is 43.0 Å². The molecule has 0 saturated carbocycles. The molecule has 2 amide bonds. The molecule has 8 heteroatoms. The van der Waals surface area contributed by atoms with Gasteiger partial charge in [-0.3, -0.25) is 14.5 Å². The monoisotopic (exact) mass is 498 g/mol. The van der Waals surface area contributed by atoms with Crippen molar-refractivity contribution in [1.82, 2.24) is 14.8 Å². The molecule has 182 valence electrons. The summed E-state index contributed by atoms with van der Waals surface area (Å²) in [7, 11) is 0. The molecular weight excluding hydrogens is 472 g/mol. The third-order valence-electron chi connectivity index (χ3n) is 6.88. The summed E-state index contributed by atoms with van der Waals surface area (Å²) < 4.78 is 5.55. The van der Waals surface area contributed by atoms with Crippen molar-refractivity contribution in [2.45, 2.75) is 12.5 Å². The number of hydrogen-bond donors (Lipinski definition) is 0. The molecule has 1 atom stereocenters. The van der Waals surface area contributed by atoms with Gasteiger partial charge in [-0.15, -0.1) is 11.3 Å². The van der Waals surface area contributed by atoms with E-state index in [0.717, 1.165) is 26.9 Å². The number of hydrazone groups is 1. The number of rotatable bonds is 5. The SMILES string of the molecule is O=C(c1cccc2ccccc12)N1CCN(CC(=O)N2N=C(c3ccco3)CC2c2cccs2)CC1. The zero-order chi connectivity index (χ0) is 24.5. The lowest BCUT2D eigenvalue weighted by molar-refractivity contribution is -0.134. The number of nitrogens with zero attached hydrogens (tertiary/aromatic N) is 4. The minimum atomic E-state index is -0.119. The summed E-state index contributed by atoms with van der Waals surface area (Å²) in [5.74, 6) is 0.707. The highest BCUT2D eigenvalue weighted by Gasteiger charge is 2.35. The van der Waals surface area contributed by atoms with Crippen LogP contribution in [0.15, 0.2) is 87.9 Å². The Hall–Kier alpha value is -3.75. The van der Waals surface area contributed by atoms with Crippen molar-refractivity contribution >= 4 is 39.6 Å². The summed E-state index contributed by atoms with van der Waals surface area (Å²) in [6, 6.07) is 21.5. The second-order valence-electron chi connectivity index (χ2n) is 9.09. The van der Waals surface area contributed by atoms with Crippen LogP contribution in [0.3, 0.4) is 0 Å². The van der Waals surface area contributed by atoms with E-state index >= 15 is 0 Å². The van der Waals surface area contributed by atoms with Crippen LogP contribution in [0.4, 0.5) is 0 Å². The van der Waals surface area contributed by atoms with Crippen molar-refractivity contribution in [3.63, 3.8) is 0 Å². The lowest BCUT2D eigenvalue weighted by atomic mass is 10.0. The van der Waals surface area contributed by atoms with Crippen molar-refractivity contribution in [1.29, 1.82) is 0 Å². The first kappa shape index (κ1) is 22.7. The number of furan rings is 1. The van der Waals surface area contributed by atoms with E-state index in [4.69, 9.17) is 4.42 Å². The number of fused-ring (bicyclic) bond motifs is 1. The highest BCUT2D eigenvalue weighted by molar-refractivity contribution is 7.10. The molecule has 0 radical (unpaired) electrons. The minimum Gasteiger partial charge on any atom is -0.463 e. The van der Waals surface area contributed by atoms with Gasteiger partial charge in [0.2, 0.25) is 0 Å². The van der Waals surface area contributed by atoms with Crippen LogP contribution in [-0.2, 0) is 4.79 Å². The Morgan fingerprint density at radius 3 is 2.56 bits per heavy atom. The van der Waals surface area contributed by atoms with E-state index in [1.807, 2.05) is 77.0 Å². The molecule has 2 aromatic heterocycles. The molecule has 1 unspecified atom stereocenters. The maximum absolute atomic E-state index is 13.4. The van der Waals surface area contributed by atoms with E-state index in [1.54, 1.807) is 22.6 Å². The summed E-state index contributed by atoms with van der Waals surface area (Å²) in [6.45, 7) is 2.74. The van der Waals surface area contributed by atoms with Gasteiger partial charge >= 0.3 is 0 Å². The third kappa shape index (κ3) is 4.34. The molecule has 0 aliphatic carbocycles. The molecule has 2 aliphatic heterocycles. The van der Waals surface area contributed by atoms with Gasteiger partial charge in [-0.05, 0) is 40.4 Å². The number of piperazine rings is 1. The van der Waals surface area contributed by atoms with E-state index in [0.29, 0.717) is 38.4 Å². The number of benzene rings is 2. The highest BCUT2D eigenvalue weighted by Crippen LogP contribution is 2.35. The number of carbonyl (C=O) groups is 2. The summed E-state index contributed by atoms with van der Waals surface area (Å²) >= 11 is 1.63. The fraction of sp³-hybridized carbons (Fsp3) is 0.250. The molecule has 6 rings (SSSR count). The lowest BCUT2D eigenvalue weighted by Gasteiger charge is -2.35. The van der Waals surface area contributed by atoms with Crippen LogP contribution in [0.5, 0.6) is 0 Å². The Balaban J connectivity index is 1.12. The zero-order valence-corrected chi connectivity index (χ0v) is 20.6. The Bertz CT molecular complexity index is 1400. The first-order chi connectivity index (χ1) is 17.7. The van der Waals surface area contributed by atoms with E-state index < -0.39 is 0 Å². The number of thiophene rings is 1. The van der Waals surface area contributed by atoms with Crippen LogP contribution in [0, 0.1) is 0 Å². The molecular formula is C28H26N4O3S. The second-order valence-corrected chi connectivity index (χ2v) is 10.1. The molecule has 4 heterocycles. The standard InChI is InChI=1S/C28H26N4O3S/c33-27(32-24(26-11-5-17-36-26)18-23(29-32)25-10-4-16-35-25)19-30-12-14-31(15-13-30)28(34)22-9-3-7-20-6-1-2-8-21(20)22/h1-11,16-17,24H,12-15,18-19H2. The fourth-order valence-corrected chi connectivity index (χ4v) is 5.80. The van der Waals surface area contributed by atoms with Gasteiger partial charge in [0.05, 0.1) is 18.8 Å². The smallest absolute Gasteiger partial charge is 0.257 e. The summed E-state index contributed by atoms with van der Waals surface area (Å²) in [4.78, 5) is 31.8. The number of hydrogen-bond acceptors (Lipinski definition) is 6. The van der Waals surface area contributed by atoms with Gasteiger partial charge in [-0.2, -0.15) is 5.10 Å². The molecule has 1 saturated heterocycles. The molecule has 2 aromatic carbocycles. The van der Waals surface area contributed by atoms with Gasteiger partial charge in [-0.1, -0.05) is 42.5 Å². The minimum absolute atomic E-state index is 0.0382. The van der Waals surface area contributed by atoms with Crippen LogP contribution >= 0.6 is 11.3 Å². The normalized spacial score (nSPS) is 18.6. The number of carbonyl (C=O) groups excluding carboxylic acids is 2. The van der Waals surface area contributed by atoms with Crippen LogP contribution < -0.4 is 0 Å². The van der Waals surface area contributed by atoms with Crippen molar-refractivity contribution in [2.24, 2.45) is 5.10 Å². The average molecular weight is 499 g/mol. The molecule has 36 heavy (non-hydrogen) atoms. The molecule has 4 aromatic rings. The molecule has 1 fully saturated rings. The maximum atomic E-state index is 13.4. The van der Waals surface area contributed by atoms with E-state index in [1.165, 1.54) is 0 Å². The second kappa shape index (κ2) is 9.72. The van der Waals surface area contributed by atoms with Gasteiger partial charge in [0.25, 0.3) is 11.8 Å². The van der Waals surface area contributed by atoms with Crippen molar-refractivity contribution in [3.8, 4) is 0 Å². The Labute approximate surface area is 213 Å².